The van der Waals surface area contributed by atoms with Crippen LogP contribution < -0.4 is 0 Å². The summed E-state index contributed by atoms with van der Waals surface area (Å²) in [6, 6.07) is 0. The molecule has 1 heterocycles. The molecule has 1 rings (SSSR count). The van der Waals surface area contributed by atoms with Crippen LogP contribution in [0.2, 0.25) is 0 Å². The van der Waals surface area contributed by atoms with Gasteiger partial charge in [0.15, 0.2) is 5.78 Å². The number of carbonyl (C=O) groups is 1. The van der Waals surface area contributed by atoms with Crippen LogP contribution in [0.25, 0.3) is 0 Å². The Labute approximate surface area is 73.0 Å². The van der Waals surface area contributed by atoms with Gasteiger partial charge in [0.25, 0.3) is 0 Å². The molecule has 3 nitrogen and oxygen atoms in total. The predicted octanol–water partition coefficient (Wildman–Crippen LogP) is 1.36. The maximum Gasteiger partial charge on any atom is 0.167 e. The van der Waals surface area contributed by atoms with Crippen molar-refractivity contribution in [1.29, 1.82) is 0 Å². The van der Waals surface area contributed by atoms with Crippen molar-refractivity contribution in [3.63, 3.8) is 0 Å². The molecule has 0 saturated carbocycles. The van der Waals surface area contributed by atoms with Crippen molar-refractivity contribution in [2.24, 2.45) is 5.41 Å². The molecular weight excluding hydrogens is 156 g/mol. The third kappa shape index (κ3) is 2.29. The number of ketones is 1. The summed E-state index contributed by atoms with van der Waals surface area (Å²) in [6.07, 6.45) is 0.439. The van der Waals surface area contributed by atoms with Gasteiger partial charge in [-0.3, -0.25) is 4.79 Å². The first kappa shape index (κ1) is 9.68. The molecule has 1 saturated heterocycles. The molecule has 1 unspecified atom stereocenters. The van der Waals surface area contributed by atoms with Crippen molar-refractivity contribution in [2.75, 3.05) is 13.4 Å². The molecule has 0 aromatic heterocycles. The van der Waals surface area contributed by atoms with E-state index in [0.29, 0.717) is 13.0 Å². The van der Waals surface area contributed by atoms with Gasteiger partial charge in [0.1, 0.15) is 12.9 Å². The van der Waals surface area contributed by atoms with Crippen LogP contribution in [0.3, 0.4) is 0 Å². The van der Waals surface area contributed by atoms with E-state index in [1.165, 1.54) is 0 Å². The fourth-order valence-electron chi connectivity index (χ4n) is 1.15. The van der Waals surface area contributed by atoms with Crippen LogP contribution in [-0.4, -0.2) is 25.3 Å². The van der Waals surface area contributed by atoms with Gasteiger partial charge >= 0.3 is 0 Å². The quantitative estimate of drug-likeness (QED) is 0.599. The predicted molar refractivity (Wildman–Crippen MR) is 44.8 cm³/mol. The van der Waals surface area contributed by atoms with Gasteiger partial charge in [0, 0.05) is 11.8 Å². The fourth-order valence-corrected chi connectivity index (χ4v) is 1.15. The number of hydrogen-bond acceptors (Lipinski definition) is 3. The van der Waals surface area contributed by atoms with E-state index in [0.717, 1.165) is 0 Å². The molecule has 1 atom stereocenters. The van der Waals surface area contributed by atoms with E-state index in [-0.39, 0.29) is 24.1 Å². The minimum absolute atomic E-state index is 0.172. The highest BCUT2D eigenvalue weighted by Crippen LogP contribution is 2.21. The van der Waals surface area contributed by atoms with E-state index in [2.05, 4.69) is 0 Å². The van der Waals surface area contributed by atoms with E-state index < -0.39 is 0 Å². The molecule has 0 N–H and O–H groups in total. The average Bonchev–Trinajstić information content (AvgIpc) is 2.03. The number of carbonyl (C=O) groups excluding carboxylic acids is 1. The highest BCUT2D eigenvalue weighted by atomic mass is 16.7. The summed E-state index contributed by atoms with van der Waals surface area (Å²) in [4.78, 5) is 11.6. The van der Waals surface area contributed by atoms with Gasteiger partial charge in [0.05, 0.1) is 6.61 Å². The average molecular weight is 172 g/mol. The smallest absolute Gasteiger partial charge is 0.167 e. The van der Waals surface area contributed by atoms with Crippen LogP contribution in [0.1, 0.15) is 27.2 Å². The summed E-state index contributed by atoms with van der Waals surface area (Å²) >= 11 is 0. The Hall–Kier alpha value is -0.410. The van der Waals surface area contributed by atoms with Gasteiger partial charge in [-0.2, -0.15) is 0 Å². The van der Waals surface area contributed by atoms with E-state index in [1.54, 1.807) is 0 Å². The first-order valence-corrected chi connectivity index (χ1v) is 4.25. The maximum atomic E-state index is 11.6. The summed E-state index contributed by atoms with van der Waals surface area (Å²) < 4.78 is 10.2. The minimum atomic E-state index is -0.304. The molecule has 1 fully saturated rings. The highest BCUT2D eigenvalue weighted by Gasteiger charge is 2.31. The second-order valence-corrected chi connectivity index (χ2v) is 4.08. The summed E-state index contributed by atoms with van der Waals surface area (Å²) in [5, 5.41) is 0. The highest BCUT2D eigenvalue weighted by molar-refractivity contribution is 5.87. The van der Waals surface area contributed by atoms with Crippen LogP contribution in [0.5, 0.6) is 0 Å². The van der Waals surface area contributed by atoms with Crippen LogP contribution in [0.4, 0.5) is 0 Å². The van der Waals surface area contributed by atoms with Crippen molar-refractivity contribution in [1.82, 2.24) is 0 Å². The second-order valence-electron chi connectivity index (χ2n) is 4.08. The first-order chi connectivity index (χ1) is 5.52. The minimum Gasteiger partial charge on any atom is -0.355 e. The van der Waals surface area contributed by atoms with Crippen molar-refractivity contribution in [3.05, 3.63) is 0 Å². The fraction of sp³-hybridized carbons (Fsp3) is 0.889. The molecule has 0 aromatic rings. The molecule has 1 aliphatic heterocycles. The molecule has 0 aromatic carbocycles. The van der Waals surface area contributed by atoms with Gasteiger partial charge < -0.3 is 9.47 Å². The zero-order valence-electron chi connectivity index (χ0n) is 7.92. The number of Topliss-reactive ketones (excluding diaryl/α,β-unsaturated/α-hetero) is 1. The Morgan fingerprint density at radius 1 is 1.42 bits per heavy atom. The molecule has 1 aliphatic rings. The largest absolute Gasteiger partial charge is 0.355 e. The van der Waals surface area contributed by atoms with Gasteiger partial charge in [-0.15, -0.1) is 0 Å². The summed E-state index contributed by atoms with van der Waals surface area (Å²) in [5.41, 5.74) is -0.304. The van der Waals surface area contributed by atoms with Crippen molar-refractivity contribution >= 4 is 5.78 Å². The Bertz CT molecular complexity index is 163. The van der Waals surface area contributed by atoms with Gasteiger partial charge in [0.2, 0.25) is 0 Å². The Kier molecular flexibility index (Phi) is 2.85. The molecule has 0 bridgehead atoms. The third-order valence-corrected chi connectivity index (χ3v) is 1.91. The van der Waals surface area contributed by atoms with Crippen LogP contribution in [0, 0.1) is 5.41 Å². The zero-order chi connectivity index (χ0) is 9.19. The second kappa shape index (κ2) is 3.54. The molecule has 0 radical (unpaired) electrons. The molecular formula is C9H16O3. The van der Waals surface area contributed by atoms with Crippen molar-refractivity contribution in [3.8, 4) is 0 Å². The lowest BCUT2D eigenvalue weighted by Gasteiger charge is -2.27. The lowest BCUT2D eigenvalue weighted by molar-refractivity contribution is -0.167. The van der Waals surface area contributed by atoms with Gasteiger partial charge in [-0.25, -0.2) is 0 Å². The standard InChI is InChI=1S/C9H16O3/c1-9(2,3)8(10)7-4-5-11-6-12-7/h7H,4-6H2,1-3H3. The van der Waals surface area contributed by atoms with Gasteiger partial charge in [-0.1, -0.05) is 20.8 Å². The van der Waals surface area contributed by atoms with Crippen molar-refractivity contribution < 1.29 is 14.3 Å². The molecule has 3 heteroatoms. The SMILES string of the molecule is CC(C)(C)C(=O)C1CCOCO1. The third-order valence-electron chi connectivity index (χ3n) is 1.91. The van der Waals surface area contributed by atoms with Crippen LogP contribution in [0.15, 0.2) is 0 Å². The number of hydrogen-bond donors (Lipinski definition) is 0. The molecule has 12 heavy (non-hydrogen) atoms. The normalized spacial score (nSPS) is 25.4. The Morgan fingerprint density at radius 3 is 2.50 bits per heavy atom. The molecule has 70 valence electrons. The lowest BCUT2D eigenvalue weighted by atomic mass is 9.86. The van der Waals surface area contributed by atoms with Crippen LogP contribution >= 0.6 is 0 Å². The number of rotatable bonds is 1. The van der Waals surface area contributed by atoms with Crippen molar-refractivity contribution in [2.45, 2.75) is 33.3 Å². The van der Waals surface area contributed by atoms with E-state index in [1.807, 2.05) is 20.8 Å². The van der Waals surface area contributed by atoms with Crippen LogP contribution in [-0.2, 0) is 14.3 Å². The zero-order valence-corrected chi connectivity index (χ0v) is 7.92. The van der Waals surface area contributed by atoms with E-state index in [4.69, 9.17) is 9.47 Å². The summed E-state index contributed by atoms with van der Waals surface area (Å²) in [5.74, 6) is 0.172. The van der Waals surface area contributed by atoms with E-state index in [9.17, 15) is 4.79 Å². The topological polar surface area (TPSA) is 35.5 Å². The van der Waals surface area contributed by atoms with Gasteiger partial charge in [-0.05, 0) is 0 Å². The van der Waals surface area contributed by atoms with E-state index >= 15 is 0 Å². The molecule has 0 aliphatic carbocycles. The molecule has 0 amide bonds. The lowest BCUT2D eigenvalue weighted by Crippen LogP contribution is -2.38. The number of ether oxygens (including phenoxy) is 2. The maximum absolute atomic E-state index is 11.6. The summed E-state index contributed by atoms with van der Waals surface area (Å²) in [6.45, 7) is 6.62. The Balaban J connectivity index is 2.51. The monoisotopic (exact) mass is 172 g/mol. The Morgan fingerprint density at radius 2 is 2.08 bits per heavy atom. The molecule has 0 spiro atoms. The summed E-state index contributed by atoms with van der Waals surface area (Å²) in [7, 11) is 0. The first-order valence-electron chi connectivity index (χ1n) is 4.25.